The number of fused-ring (bicyclic) bond motifs is 2. The van der Waals surface area contributed by atoms with Gasteiger partial charge in [-0.15, -0.1) is 0 Å². The SMILES string of the molecule is CCCCC1(CCCC)c2cc(C(C)(CC)CC)ccc2N(CC)c2ccc(C(C)(CC)CCC)cc21. The Morgan fingerprint density at radius 1 is 0.622 bits per heavy atom. The highest BCUT2D eigenvalue weighted by Crippen LogP contribution is 2.55. The molecule has 0 amide bonds. The third kappa shape index (κ3) is 5.39. The average Bonchev–Trinajstić information content (AvgIpc) is 2.93. The van der Waals surface area contributed by atoms with Crippen molar-refractivity contribution in [2.45, 2.75) is 149 Å². The Hall–Kier alpha value is -1.76. The van der Waals surface area contributed by atoms with Gasteiger partial charge >= 0.3 is 0 Å². The zero-order valence-corrected chi connectivity index (χ0v) is 25.9. The van der Waals surface area contributed by atoms with Crippen LogP contribution in [0.25, 0.3) is 0 Å². The van der Waals surface area contributed by atoms with E-state index in [0.29, 0.717) is 0 Å². The molecule has 0 N–H and O–H groups in total. The molecule has 1 unspecified atom stereocenters. The van der Waals surface area contributed by atoms with Crippen molar-refractivity contribution in [2.75, 3.05) is 11.4 Å². The Morgan fingerprint density at radius 3 is 1.46 bits per heavy atom. The fourth-order valence-electron chi connectivity index (χ4n) is 7.03. The zero-order valence-electron chi connectivity index (χ0n) is 25.9. The highest BCUT2D eigenvalue weighted by molar-refractivity contribution is 5.79. The third-order valence-corrected chi connectivity index (χ3v) is 10.4. The van der Waals surface area contributed by atoms with Crippen LogP contribution in [-0.2, 0) is 16.2 Å². The van der Waals surface area contributed by atoms with Crippen molar-refractivity contribution in [3.8, 4) is 0 Å². The van der Waals surface area contributed by atoms with Crippen LogP contribution in [0.4, 0.5) is 11.4 Å². The van der Waals surface area contributed by atoms with Crippen molar-refractivity contribution in [1.82, 2.24) is 0 Å². The van der Waals surface area contributed by atoms with E-state index in [2.05, 4.69) is 104 Å². The van der Waals surface area contributed by atoms with Crippen LogP contribution < -0.4 is 4.90 Å². The van der Waals surface area contributed by atoms with Crippen molar-refractivity contribution in [3.63, 3.8) is 0 Å². The first-order chi connectivity index (χ1) is 17.7. The Labute approximate surface area is 230 Å². The van der Waals surface area contributed by atoms with Crippen molar-refractivity contribution in [2.24, 2.45) is 0 Å². The van der Waals surface area contributed by atoms with Crippen LogP contribution in [-0.4, -0.2) is 6.54 Å². The molecular weight excluding hydrogens is 446 g/mol. The van der Waals surface area contributed by atoms with Crippen molar-refractivity contribution >= 4 is 11.4 Å². The van der Waals surface area contributed by atoms with Gasteiger partial charge < -0.3 is 4.90 Å². The normalized spacial score (nSPS) is 16.3. The van der Waals surface area contributed by atoms with Gasteiger partial charge in [-0.1, -0.05) is 112 Å². The standard InChI is InChI=1S/C36H57N/c1-10-17-24-36(25-18-11-2)30-26-28(34(8,13-4)14-5)19-21-32(30)37(16-7)33-22-20-29(27-31(33)36)35(9,15-6)23-12-3/h19-22,26-27H,10-18,23-25H2,1-9H3. The quantitative estimate of drug-likeness (QED) is 0.248. The van der Waals surface area contributed by atoms with Gasteiger partial charge in [0.05, 0.1) is 0 Å². The van der Waals surface area contributed by atoms with E-state index in [1.54, 1.807) is 16.7 Å². The highest BCUT2D eigenvalue weighted by Gasteiger charge is 2.43. The molecule has 0 saturated carbocycles. The van der Waals surface area contributed by atoms with Gasteiger partial charge in [-0.25, -0.2) is 0 Å². The van der Waals surface area contributed by atoms with E-state index in [4.69, 9.17) is 0 Å². The summed E-state index contributed by atoms with van der Waals surface area (Å²) < 4.78 is 0. The third-order valence-electron chi connectivity index (χ3n) is 10.4. The van der Waals surface area contributed by atoms with Crippen LogP contribution >= 0.6 is 0 Å². The predicted molar refractivity (Wildman–Crippen MR) is 166 cm³/mol. The molecule has 2 aromatic rings. The zero-order chi connectivity index (χ0) is 27.3. The average molecular weight is 504 g/mol. The van der Waals surface area contributed by atoms with Crippen LogP contribution in [0.2, 0.25) is 0 Å². The van der Waals surface area contributed by atoms with Crippen molar-refractivity contribution < 1.29 is 0 Å². The maximum atomic E-state index is 2.68. The maximum Gasteiger partial charge on any atom is 0.0452 e. The topological polar surface area (TPSA) is 3.24 Å². The maximum absolute atomic E-state index is 2.68. The Morgan fingerprint density at radius 2 is 1.08 bits per heavy atom. The molecule has 1 heteroatoms. The van der Waals surface area contributed by atoms with Crippen molar-refractivity contribution in [1.29, 1.82) is 0 Å². The van der Waals surface area contributed by atoms with Gasteiger partial charge in [-0.2, -0.15) is 0 Å². The van der Waals surface area contributed by atoms with Crippen LogP contribution in [0.3, 0.4) is 0 Å². The molecule has 1 heterocycles. The number of hydrogen-bond acceptors (Lipinski definition) is 1. The Kier molecular flexibility index (Phi) is 9.98. The molecular formula is C36H57N. The van der Waals surface area contributed by atoms with Gasteiger partial charge in [-0.05, 0) is 90.7 Å². The minimum Gasteiger partial charge on any atom is -0.341 e. The molecule has 206 valence electrons. The lowest BCUT2D eigenvalue weighted by Gasteiger charge is -2.47. The number of rotatable bonds is 14. The molecule has 1 aliphatic rings. The molecule has 0 aliphatic carbocycles. The second-order valence-electron chi connectivity index (χ2n) is 12.4. The number of unbranched alkanes of at least 4 members (excludes halogenated alkanes) is 2. The summed E-state index contributed by atoms with van der Waals surface area (Å²) in [6.07, 6.45) is 13.6. The molecule has 0 aromatic heterocycles. The lowest BCUT2D eigenvalue weighted by molar-refractivity contribution is 0.391. The molecule has 0 spiro atoms. The fraction of sp³-hybridized carbons (Fsp3) is 0.667. The number of nitrogens with zero attached hydrogens (tertiary/aromatic N) is 1. The first-order valence-electron chi connectivity index (χ1n) is 15.8. The van der Waals surface area contributed by atoms with E-state index < -0.39 is 0 Å². The Balaban J connectivity index is 2.38. The highest BCUT2D eigenvalue weighted by atomic mass is 15.1. The largest absolute Gasteiger partial charge is 0.341 e. The second kappa shape index (κ2) is 12.4. The van der Waals surface area contributed by atoms with Crippen LogP contribution in [0.1, 0.15) is 155 Å². The number of hydrogen-bond donors (Lipinski definition) is 0. The Bertz CT molecular complexity index is 1010. The fourth-order valence-corrected chi connectivity index (χ4v) is 7.03. The first kappa shape index (κ1) is 29.8. The number of anilines is 2. The second-order valence-corrected chi connectivity index (χ2v) is 12.4. The summed E-state index contributed by atoms with van der Waals surface area (Å²) in [7, 11) is 0. The molecule has 1 nitrogen and oxygen atoms in total. The van der Waals surface area contributed by atoms with Crippen LogP contribution in [0, 0.1) is 0 Å². The predicted octanol–water partition coefficient (Wildman–Crippen LogP) is 11.4. The van der Waals surface area contributed by atoms with Gasteiger partial charge in [0.1, 0.15) is 0 Å². The van der Waals surface area contributed by atoms with Gasteiger partial charge in [-0.3, -0.25) is 0 Å². The minimum atomic E-state index is 0.0949. The molecule has 2 aromatic carbocycles. The van der Waals surface area contributed by atoms with E-state index in [1.165, 1.54) is 87.6 Å². The molecule has 0 radical (unpaired) electrons. The molecule has 1 aliphatic heterocycles. The molecule has 3 rings (SSSR count). The van der Waals surface area contributed by atoms with Gasteiger partial charge in [0.2, 0.25) is 0 Å². The summed E-state index contributed by atoms with van der Waals surface area (Å²) in [6.45, 7) is 22.5. The summed E-state index contributed by atoms with van der Waals surface area (Å²) in [4.78, 5) is 2.62. The smallest absolute Gasteiger partial charge is 0.0452 e. The van der Waals surface area contributed by atoms with E-state index >= 15 is 0 Å². The summed E-state index contributed by atoms with van der Waals surface area (Å²) in [5, 5.41) is 0. The van der Waals surface area contributed by atoms with Gasteiger partial charge in [0.15, 0.2) is 0 Å². The molecule has 1 atom stereocenters. The molecule has 0 saturated heterocycles. The minimum absolute atomic E-state index is 0.0949. The summed E-state index contributed by atoms with van der Waals surface area (Å²) in [6, 6.07) is 15.2. The summed E-state index contributed by atoms with van der Waals surface area (Å²) in [5.41, 5.74) is 9.80. The van der Waals surface area contributed by atoms with Crippen LogP contribution in [0.5, 0.6) is 0 Å². The first-order valence-corrected chi connectivity index (χ1v) is 15.8. The summed E-state index contributed by atoms with van der Waals surface area (Å²) >= 11 is 0. The molecule has 0 fully saturated rings. The van der Waals surface area contributed by atoms with Crippen molar-refractivity contribution in [3.05, 3.63) is 58.7 Å². The summed E-state index contributed by atoms with van der Waals surface area (Å²) in [5.74, 6) is 0. The van der Waals surface area contributed by atoms with E-state index in [-0.39, 0.29) is 16.2 Å². The van der Waals surface area contributed by atoms with Gasteiger partial charge in [0.25, 0.3) is 0 Å². The number of benzene rings is 2. The van der Waals surface area contributed by atoms with Gasteiger partial charge in [0, 0.05) is 23.3 Å². The van der Waals surface area contributed by atoms with E-state index in [9.17, 15) is 0 Å². The lowest BCUT2D eigenvalue weighted by atomic mass is 9.62. The monoisotopic (exact) mass is 503 g/mol. The van der Waals surface area contributed by atoms with Crippen LogP contribution in [0.15, 0.2) is 36.4 Å². The lowest BCUT2D eigenvalue weighted by Crippen LogP contribution is -2.38. The van der Waals surface area contributed by atoms with E-state index in [0.717, 1.165) is 6.54 Å². The molecule has 37 heavy (non-hydrogen) atoms. The van der Waals surface area contributed by atoms with E-state index in [1.807, 2.05) is 0 Å². The molecule has 0 bridgehead atoms.